The topological polar surface area (TPSA) is 183 Å². The molecule has 1 rings (SSSR count). The maximum absolute atomic E-state index is 12.6. The summed E-state index contributed by atoms with van der Waals surface area (Å²) in [5.41, 5.74) is 6.63. The van der Waals surface area contributed by atoms with Gasteiger partial charge in [-0.1, -0.05) is 12.1 Å². The van der Waals surface area contributed by atoms with Crippen LogP contribution in [0.1, 0.15) is 12.0 Å². The predicted molar refractivity (Wildman–Crippen MR) is 116 cm³/mol. The minimum atomic E-state index is -1.20. The first kappa shape index (κ1) is 26.2. The number of nitrogens with one attached hydrogen (secondary N) is 4. The molecule has 0 unspecified atom stereocenters. The van der Waals surface area contributed by atoms with E-state index < -0.39 is 41.8 Å². The van der Waals surface area contributed by atoms with Crippen molar-refractivity contribution in [3.8, 4) is 5.75 Å². The summed E-state index contributed by atoms with van der Waals surface area (Å²) in [7, 11) is 1.39. The normalized spacial score (nSPS) is 13.4. The van der Waals surface area contributed by atoms with E-state index in [2.05, 4.69) is 33.9 Å². The first-order valence-electron chi connectivity index (χ1n) is 9.56. The molecule has 0 radical (unpaired) electrons. The van der Waals surface area contributed by atoms with Crippen molar-refractivity contribution >= 4 is 36.3 Å². The average Bonchev–Trinajstić information content (AvgIpc) is 2.76. The fraction of sp³-hybridized carbons (Fsp3) is 0.474. The van der Waals surface area contributed by atoms with Gasteiger partial charge < -0.3 is 37.2 Å². The molecule has 0 saturated heterocycles. The summed E-state index contributed by atoms with van der Waals surface area (Å²) >= 11 is 4.07. The lowest BCUT2D eigenvalue weighted by molar-refractivity contribution is -0.133. The molecule has 172 valence electrons. The number of phenolic OH excluding ortho intramolecular Hbond substituents is 1. The molecule has 0 saturated carbocycles. The summed E-state index contributed by atoms with van der Waals surface area (Å²) in [4.78, 5) is 48.9. The number of aliphatic hydroxyl groups excluding tert-OH is 1. The van der Waals surface area contributed by atoms with Crippen molar-refractivity contribution < 1.29 is 29.4 Å². The zero-order chi connectivity index (χ0) is 23.4. The standard InChI is InChI=1S/C19H29N5O6S/c1-21-16(27)9-14(18(29)22-6-7-25)23-19(30)15(10-31)24-17(28)13(20)8-11-2-4-12(26)5-3-11/h2-5,13-15,25-26,31H,6-10,20H2,1H3,(H,21,27)(H,22,29)(H,23,30)(H,24,28)/t13-,14-,15-/m0/s1. The van der Waals surface area contributed by atoms with Crippen molar-refractivity contribution in [2.24, 2.45) is 5.73 Å². The summed E-state index contributed by atoms with van der Waals surface area (Å²) in [6, 6.07) is 2.92. The first-order chi connectivity index (χ1) is 14.7. The third-order valence-electron chi connectivity index (χ3n) is 4.26. The van der Waals surface area contributed by atoms with E-state index in [0.717, 1.165) is 5.56 Å². The van der Waals surface area contributed by atoms with Crippen LogP contribution in [0, 0.1) is 0 Å². The molecule has 31 heavy (non-hydrogen) atoms. The zero-order valence-electron chi connectivity index (χ0n) is 17.1. The number of hydrogen-bond donors (Lipinski definition) is 8. The fourth-order valence-electron chi connectivity index (χ4n) is 2.52. The highest BCUT2D eigenvalue weighted by atomic mass is 32.1. The number of amides is 4. The Bertz CT molecular complexity index is 761. The summed E-state index contributed by atoms with van der Waals surface area (Å²) in [6.07, 6.45) is -0.150. The van der Waals surface area contributed by atoms with Crippen molar-refractivity contribution in [3.05, 3.63) is 29.8 Å². The van der Waals surface area contributed by atoms with Crippen molar-refractivity contribution in [2.75, 3.05) is 26.0 Å². The van der Waals surface area contributed by atoms with Gasteiger partial charge in [0, 0.05) is 19.3 Å². The summed E-state index contributed by atoms with van der Waals surface area (Å²) in [5.74, 6) is -2.44. The smallest absolute Gasteiger partial charge is 0.244 e. The Morgan fingerprint density at radius 2 is 1.65 bits per heavy atom. The van der Waals surface area contributed by atoms with Gasteiger partial charge in [0.2, 0.25) is 23.6 Å². The van der Waals surface area contributed by atoms with Crippen LogP contribution in [0.15, 0.2) is 24.3 Å². The monoisotopic (exact) mass is 455 g/mol. The molecule has 0 aliphatic rings. The van der Waals surface area contributed by atoms with E-state index >= 15 is 0 Å². The van der Waals surface area contributed by atoms with Crippen LogP contribution in [0.3, 0.4) is 0 Å². The van der Waals surface area contributed by atoms with E-state index in [0.29, 0.717) is 0 Å². The van der Waals surface area contributed by atoms with E-state index in [4.69, 9.17) is 10.8 Å². The minimum absolute atomic E-state index is 0.0439. The van der Waals surface area contributed by atoms with E-state index in [9.17, 15) is 24.3 Å². The van der Waals surface area contributed by atoms with E-state index in [1.165, 1.54) is 19.2 Å². The second-order valence-electron chi connectivity index (χ2n) is 6.67. The van der Waals surface area contributed by atoms with Gasteiger partial charge in [0.1, 0.15) is 17.8 Å². The summed E-state index contributed by atoms with van der Waals surface area (Å²) in [5, 5.41) is 27.8. The van der Waals surface area contributed by atoms with Crippen LogP contribution in [0.4, 0.5) is 0 Å². The molecular formula is C19H29N5O6S. The van der Waals surface area contributed by atoms with Gasteiger partial charge in [0.25, 0.3) is 0 Å². The number of nitrogens with two attached hydrogens (primary N) is 1. The molecule has 0 aromatic heterocycles. The average molecular weight is 456 g/mol. The molecule has 1 aromatic rings. The second kappa shape index (κ2) is 13.5. The molecule has 3 atom stereocenters. The lowest BCUT2D eigenvalue weighted by Crippen LogP contribution is -2.57. The van der Waals surface area contributed by atoms with Crippen LogP contribution >= 0.6 is 12.6 Å². The number of carbonyl (C=O) groups excluding carboxylic acids is 4. The minimum Gasteiger partial charge on any atom is -0.508 e. The number of rotatable bonds is 12. The largest absolute Gasteiger partial charge is 0.508 e. The van der Waals surface area contributed by atoms with Gasteiger partial charge in [-0.15, -0.1) is 0 Å². The molecule has 0 bridgehead atoms. The van der Waals surface area contributed by atoms with Crippen molar-refractivity contribution in [2.45, 2.75) is 31.0 Å². The van der Waals surface area contributed by atoms with Gasteiger partial charge in [-0.2, -0.15) is 12.6 Å². The molecule has 0 aliphatic carbocycles. The SMILES string of the molecule is CNC(=O)C[C@H](NC(=O)[C@H](CS)NC(=O)[C@@H](N)Cc1ccc(O)cc1)C(=O)NCCO. The number of benzene rings is 1. The molecule has 8 N–H and O–H groups in total. The van der Waals surface area contributed by atoms with Crippen LogP contribution in [0.5, 0.6) is 5.75 Å². The Hall–Kier alpha value is -2.83. The van der Waals surface area contributed by atoms with Crippen LogP contribution < -0.4 is 27.0 Å². The highest BCUT2D eigenvalue weighted by Gasteiger charge is 2.28. The van der Waals surface area contributed by atoms with Crippen LogP contribution in [-0.4, -0.2) is 77.9 Å². The molecule has 0 heterocycles. The van der Waals surface area contributed by atoms with Crippen LogP contribution in [-0.2, 0) is 25.6 Å². The molecule has 0 fully saturated rings. The number of phenols is 1. The van der Waals surface area contributed by atoms with Crippen molar-refractivity contribution in [1.82, 2.24) is 21.3 Å². The molecule has 0 spiro atoms. The molecule has 4 amide bonds. The van der Waals surface area contributed by atoms with Gasteiger partial charge >= 0.3 is 0 Å². The molecule has 11 nitrogen and oxygen atoms in total. The van der Waals surface area contributed by atoms with Gasteiger partial charge in [-0.3, -0.25) is 19.2 Å². The number of aliphatic hydroxyl groups is 1. The van der Waals surface area contributed by atoms with Crippen LogP contribution in [0.2, 0.25) is 0 Å². The summed E-state index contributed by atoms with van der Waals surface area (Å²) < 4.78 is 0. The lowest BCUT2D eigenvalue weighted by Gasteiger charge is -2.23. The van der Waals surface area contributed by atoms with Gasteiger partial charge in [0.15, 0.2) is 0 Å². The van der Waals surface area contributed by atoms with Gasteiger partial charge in [-0.05, 0) is 24.1 Å². The maximum Gasteiger partial charge on any atom is 0.244 e. The van der Waals surface area contributed by atoms with Crippen molar-refractivity contribution in [3.63, 3.8) is 0 Å². The number of thiol groups is 1. The first-order valence-corrected chi connectivity index (χ1v) is 10.2. The molecule has 12 heteroatoms. The second-order valence-corrected chi connectivity index (χ2v) is 7.04. The van der Waals surface area contributed by atoms with Crippen molar-refractivity contribution in [1.29, 1.82) is 0 Å². The predicted octanol–water partition coefficient (Wildman–Crippen LogP) is -2.59. The highest BCUT2D eigenvalue weighted by Crippen LogP contribution is 2.11. The Labute approximate surface area is 185 Å². The van der Waals surface area contributed by atoms with E-state index in [-0.39, 0.29) is 37.5 Å². The maximum atomic E-state index is 12.6. The zero-order valence-corrected chi connectivity index (χ0v) is 18.0. The van der Waals surface area contributed by atoms with E-state index in [1.54, 1.807) is 12.1 Å². The van der Waals surface area contributed by atoms with E-state index in [1.807, 2.05) is 0 Å². The molecular weight excluding hydrogens is 426 g/mol. The Morgan fingerprint density at radius 3 is 2.19 bits per heavy atom. The van der Waals surface area contributed by atoms with Gasteiger partial charge in [0.05, 0.1) is 19.1 Å². The number of hydrogen-bond acceptors (Lipinski definition) is 8. The Kier molecular flexibility index (Phi) is 11.4. The fourth-order valence-corrected chi connectivity index (χ4v) is 2.78. The molecule has 1 aromatic carbocycles. The third kappa shape index (κ3) is 9.24. The lowest BCUT2D eigenvalue weighted by atomic mass is 10.1. The Morgan fingerprint density at radius 1 is 1.03 bits per heavy atom. The number of carbonyl (C=O) groups is 4. The summed E-state index contributed by atoms with van der Waals surface area (Å²) in [6.45, 7) is -0.349. The highest BCUT2D eigenvalue weighted by molar-refractivity contribution is 7.80. The molecule has 0 aliphatic heterocycles. The Balaban J connectivity index is 2.74. The number of aromatic hydroxyl groups is 1. The van der Waals surface area contributed by atoms with Crippen LogP contribution in [0.25, 0.3) is 0 Å². The quantitative estimate of drug-likeness (QED) is 0.159. The van der Waals surface area contributed by atoms with Gasteiger partial charge in [-0.25, -0.2) is 0 Å². The third-order valence-corrected chi connectivity index (χ3v) is 4.62.